The number of aryl methyl sites for hydroxylation is 1. The van der Waals surface area contributed by atoms with Gasteiger partial charge in [-0.3, -0.25) is 9.89 Å². The highest BCUT2D eigenvalue weighted by atomic mass is 32.2. The minimum atomic E-state index is -3.02. The summed E-state index contributed by atoms with van der Waals surface area (Å²) in [5.74, 6) is 0.233. The Morgan fingerprint density at radius 1 is 1.48 bits per heavy atom. The third-order valence-electron chi connectivity index (χ3n) is 4.33. The lowest BCUT2D eigenvalue weighted by atomic mass is 10.1. The van der Waals surface area contributed by atoms with Crippen molar-refractivity contribution >= 4 is 21.4 Å². The van der Waals surface area contributed by atoms with Crippen molar-refractivity contribution in [2.45, 2.75) is 25.3 Å². The smallest absolute Gasteiger partial charge is 0.228 e. The van der Waals surface area contributed by atoms with Crippen molar-refractivity contribution in [3.63, 3.8) is 0 Å². The molecule has 1 atom stereocenters. The van der Waals surface area contributed by atoms with Crippen LogP contribution >= 0.6 is 0 Å². The molecule has 1 amide bonds. The number of fused-ring (bicyclic) bond motifs is 1. The highest BCUT2D eigenvalue weighted by molar-refractivity contribution is 7.91. The van der Waals surface area contributed by atoms with Crippen LogP contribution in [0.5, 0.6) is 0 Å². The van der Waals surface area contributed by atoms with E-state index < -0.39 is 9.84 Å². The standard InChI is InChI=1S/C13H20N4O3S/c1-16-5-6-21(19,20)9-10(16)7-13(18)17-4-2-3-11-12(17)8-14-15-11/h8,10H,2-7,9H2,1H3,(H,14,15). The van der Waals surface area contributed by atoms with Gasteiger partial charge in [-0.05, 0) is 19.9 Å². The third-order valence-corrected chi connectivity index (χ3v) is 6.03. The molecule has 0 aromatic carbocycles. The number of carbonyl (C=O) groups is 1. The van der Waals surface area contributed by atoms with Crippen molar-refractivity contribution in [1.82, 2.24) is 15.1 Å². The number of rotatable bonds is 2. The number of aromatic nitrogens is 2. The Hall–Kier alpha value is -1.41. The summed E-state index contributed by atoms with van der Waals surface area (Å²) < 4.78 is 23.5. The van der Waals surface area contributed by atoms with Gasteiger partial charge in [-0.15, -0.1) is 0 Å². The minimum absolute atomic E-state index is 0.0219. The minimum Gasteiger partial charge on any atom is -0.309 e. The topological polar surface area (TPSA) is 86.4 Å². The zero-order valence-electron chi connectivity index (χ0n) is 12.1. The molecule has 1 aromatic rings. The summed E-state index contributed by atoms with van der Waals surface area (Å²) in [5, 5.41) is 6.91. The lowest BCUT2D eigenvalue weighted by Crippen LogP contribution is -2.49. The van der Waals surface area contributed by atoms with Crippen molar-refractivity contribution in [2.24, 2.45) is 0 Å². The van der Waals surface area contributed by atoms with Crippen LogP contribution in [0, 0.1) is 0 Å². The highest BCUT2D eigenvalue weighted by Crippen LogP contribution is 2.26. The van der Waals surface area contributed by atoms with E-state index in [9.17, 15) is 13.2 Å². The molecule has 0 saturated carbocycles. The van der Waals surface area contributed by atoms with Crippen LogP contribution in [-0.4, -0.2) is 67.1 Å². The van der Waals surface area contributed by atoms with Gasteiger partial charge in [0.1, 0.15) is 0 Å². The van der Waals surface area contributed by atoms with E-state index in [2.05, 4.69) is 10.2 Å². The molecule has 0 spiro atoms. The van der Waals surface area contributed by atoms with Gasteiger partial charge in [-0.1, -0.05) is 0 Å². The summed E-state index contributed by atoms with van der Waals surface area (Å²) in [6.45, 7) is 1.17. The van der Waals surface area contributed by atoms with E-state index >= 15 is 0 Å². The summed E-state index contributed by atoms with van der Waals surface area (Å²) in [5.41, 5.74) is 1.83. The monoisotopic (exact) mass is 312 g/mol. The van der Waals surface area contributed by atoms with Gasteiger partial charge in [0.05, 0.1) is 29.1 Å². The Kier molecular flexibility index (Phi) is 3.75. The molecule has 3 rings (SSSR count). The molecule has 2 aliphatic rings. The van der Waals surface area contributed by atoms with Gasteiger partial charge in [0.2, 0.25) is 5.91 Å². The summed E-state index contributed by atoms with van der Waals surface area (Å²) in [7, 11) is -1.14. The van der Waals surface area contributed by atoms with E-state index in [1.165, 1.54) is 0 Å². The first-order valence-electron chi connectivity index (χ1n) is 7.19. The number of H-pyrrole nitrogens is 1. The van der Waals surface area contributed by atoms with Crippen LogP contribution in [0.3, 0.4) is 0 Å². The number of hydrogen-bond acceptors (Lipinski definition) is 5. The molecule has 8 heteroatoms. The second kappa shape index (κ2) is 5.42. The zero-order valence-corrected chi connectivity index (χ0v) is 12.9. The van der Waals surface area contributed by atoms with Crippen LogP contribution in [0.1, 0.15) is 18.5 Å². The second-order valence-corrected chi connectivity index (χ2v) is 8.06. The molecule has 1 N–H and O–H groups in total. The van der Waals surface area contributed by atoms with Crippen LogP contribution < -0.4 is 4.90 Å². The second-order valence-electron chi connectivity index (χ2n) is 5.84. The first-order valence-corrected chi connectivity index (χ1v) is 9.02. The van der Waals surface area contributed by atoms with Gasteiger partial charge in [0.25, 0.3) is 0 Å². The molecule has 1 saturated heterocycles. The Morgan fingerprint density at radius 2 is 2.29 bits per heavy atom. The maximum atomic E-state index is 12.5. The van der Waals surface area contributed by atoms with Gasteiger partial charge in [-0.2, -0.15) is 5.10 Å². The maximum Gasteiger partial charge on any atom is 0.228 e. The average molecular weight is 312 g/mol. The number of nitrogens with zero attached hydrogens (tertiary/aromatic N) is 3. The van der Waals surface area contributed by atoms with Crippen molar-refractivity contribution in [2.75, 3.05) is 36.5 Å². The van der Waals surface area contributed by atoms with Gasteiger partial charge in [0.15, 0.2) is 9.84 Å². The quantitative estimate of drug-likeness (QED) is 0.818. The van der Waals surface area contributed by atoms with E-state index in [0.29, 0.717) is 13.1 Å². The fraction of sp³-hybridized carbons (Fsp3) is 0.692. The van der Waals surface area contributed by atoms with Crippen LogP contribution in [0.2, 0.25) is 0 Å². The van der Waals surface area contributed by atoms with Crippen LogP contribution in [0.15, 0.2) is 6.20 Å². The molecule has 21 heavy (non-hydrogen) atoms. The fourth-order valence-corrected chi connectivity index (χ4v) is 4.70. The molecule has 1 unspecified atom stereocenters. The Balaban J connectivity index is 1.72. The highest BCUT2D eigenvalue weighted by Gasteiger charge is 2.33. The first-order chi connectivity index (χ1) is 9.96. The van der Waals surface area contributed by atoms with Crippen LogP contribution in [-0.2, 0) is 21.1 Å². The number of amides is 1. The van der Waals surface area contributed by atoms with Crippen LogP contribution in [0.25, 0.3) is 0 Å². The van der Waals surface area contributed by atoms with Crippen molar-refractivity contribution in [1.29, 1.82) is 0 Å². The summed E-state index contributed by atoms with van der Waals surface area (Å²) in [4.78, 5) is 16.3. The van der Waals surface area contributed by atoms with Gasteiger partial charge in [0, 0.05) is 25.6 Å². The molecule has 0 bridgehead atoms. The van der Waals surface area contributed by atoms with Gasteiger partial charge in [-0.25, -0.2) is 8.42 Å². The van der Waals surface area contributed by atoms with Crippen LogP contribution in [0.4, 0.5) is 5.69 Å². The predicted octanol–water partition coefficient (Wildman–Crippen LogP) is -0.192. The van der Waals surface area contributed by atoms with Crippen molar-refractivity contribution < 1.29 is 13.2 Å². The number of nitrogens with one attached hydrogen (secondary N) is 1. The number of sulfone groups is 1. The predicted molar refractivity (Wildman–Crippen MR) is 79.0 cm³/mol. The molecule has 3 heterocycles. The average Bonchev–Trinajstić information content (AvgIpc) is 2.90. The first kappa shape index (κ1) is 14.5. The van der Waals surface area contributed by atoms with E-state index in [1.807, 2.05) is 11.9 Å². The fourth-order valence-electron chi connectivity index (χ4n) is 3.01. The van der Waals surface area contributed by atoms with E-state index in [4.69, 9.17) is 0 Å². The van der Waals surface area contributed by atoms with Crippen molar-refractivity contribution in [3.05, 3.63) is 11.9 Å². The molecule has 0 radical (unpaired) electrons. The Bertz CT molecular complexity index is 640. The molecule has 2 aliphatic heterocycles. The molecular formula is C13H20N4O3S. The Labute approximate surface area is 124 Å². The lowest BCUT2D eigenvalue weighted by molar-refractivity contribution is -0.119. The zero-order chi connectivity index (χ0) is 15.0. The molecule has 116 valence electrons. The number of hydrogen-bond donors (Lipinski definition) is 1. The molecule has 0 aliphatic carbocycles. The van der Waals surface area contributed by atoms with Crippen molar-refractivity contribution in [3.8, 4) is 0 Å². The number of aromatic amines is 1. The summed E-state index contributed by atoms with van der Waals surface area (Å²) >= 11 is 0. The van der Waals surface area contributed by atoms with E-state index in [0.717, 1.165) is 24.2 Å². The number of anilines is 1. The molecule has 7 nitrogen and oxygen atoms in total. The molecule has 1 aromatic heterocycles. The van der Waals surface area contributed by atoms with Gasteiger partial charge < -0.3 is 9.80 Å². The lowest BCUT2D eigenvalue weighted by Gasteiger charge is -2.34. The normalized spacial score (nSPS) is 25.6. The molecular weight excluding hydrogens is 292 g/mol. The third kappa shape index (κ3) is 2.96. The summed E-state index contributed by atoms with van der Waals surface area (Å²) in [6.07, 6.45) is 3.71. The van der Waals surface area contributed by atoms with E-state index in [1.54, 1.807) is 11.1 Å². The largest absolute Gasteiger partial charge is 0.309 e. The SMILES string of the molecule is CN1CCS(=O)(=O)CC1CC(=O)N1CCCc2[nH]ncc21. The number of carbonyl (C=O) groups excluding carboxylic acids is 1. The Morgan fingerprint density at radius 3 is 3.10 bits per heavy atom. The van der Waals surface area contributed by atoms with E-state index in [-0.39, 0.29) is 29.9 Å². The molecule has 1 fully saturated rings. The summed E-state index contributed by atoms with van der Waals surface area (Å²) in [6, 6.07) is -0.228. The van der Waals surface area contributed by atoms with Gasteiger partial charge >= 0.3 is 0 Å². The maximum absolute atomic E-state index is 12.5.